The lowest BCUT2D eigenvalue weighted by atomic mass is 10.2. The summed E-state index contributed by atoms with van der Waals surface area (Å²) < 4.78 is 27.6. The molecule has 0 aromatic heterocycles. The van der Waals surface area contributed by atoms with Crippen LogP contribution >= 0.6 is 15.9 Å². The normalized spacial score (nSPS) is 20.0. The first-order valence-corrected chi connectivity index (χ1v) is 9.05. The number of nitrogens with zero attached hydrogens (tertiary/aromatic N) is 1. The fourth-order valence-electron chi connectivity index (χ4n) is 2.62. The molecule has 21 heavy (non-hydrogen) atoms. The van der Waals surface area contributed by atoms with E-state index in [2.05, 4.69) is 26.6 Å². The molecule has 2 heterocycles. The number of hydrogen-bond donors (Lipinski definition) is 2. The van der Waals surface area contributed by atoms with Gasteiger partial charge in [-0.05, 0) is 46.6 Å². The van der Waals surface area contributed by atoms with Crippen molar-refractivity contribution in [2.45, 2.75) is 17.7 Å². The minimum Gasteiger partial charge on any atom is -0.325 e. The highest BCUT2D eigenvalue weighted by Gasteiger charge is 2.29. The van der Waals surface area contributed by atoms with E-state index in [1.807, 2.05) is 0 Å². The van der Waals surface area contributed by atoms with Crippen LogP contribution in [0.2, 0.25) is 0 Å². The summed E-state index contributed by atoms with van der Waals surface area (Å²) in [4.78, 5) is 11.7. The van der Waals surface area contributed by atoms with Gasteiger partial charge in [-0.1, -0.05) is 0 Å². The third-order valence-corrected chi connectivity index (χ3v) is 6.56. The summed E-state index contributed by atoms with van der Waals surface area (Å²) in [5.74, 6) is -0.106. The summed E-state index contributed by atoms with van der Waals surface area (Å²) in [6, 6.07) is 3.27. The molecule has 0 atom stereocenters. The van der Waals surface area contributed by atoms with Gasteiger partial charge in [0.25, 0.3) is 0 Å². The maximum atomic E-state index is 12.8. The van der Waals surface area contributed by atoms with E-state index in [-0.39, 0.29) is 17.2 Å². The lowest BCUT2D eigenvalue weighted by molar-refractivity contribution is -0.115. The molecule has 0 bridgehead atoms. The molecule has 8 heteroatoms. The molecule has 0 spiro atoms. The summed E-state index contributed by atoms with van der Waals surface area (Å²) >= 11 is 3.32. The van der Waals surface area contributed by atoms with Crippen molar-refractivity contribution in [1.29, 1.82) is 0 Å². The predicted molar refractivity (Wildman–Crippen MR) is 82.7 cm³/mol. The molecule has 6 nitrogen and oxygen atoms in total. The van der Waals surface area contributed by atoms with Gasteiger partial charge in [0.1, 0.15) is 0 Å². The monoisotopic (exact) mass is 373 g/mol. The fraction of sp³-hybridized carbons (Fsp3) is 0.462. The van der Waals surface area contributed by atoms with Gasteiger partial charge in [0.15, 0.2) is 0 Å². The van der Waals surface area contributed by atoms with Crippen LogP contribution in [0, 0.1) is 0 Å². The number of hydrogen-bond acceptors (Lipinski definition) is 4. The zero-order chi connectivity index (χ0) is 15.0. The number of fused-ring (bicyclic) bond motifs is 1. The lowest BCUT2D eigenvalue weighted by Crippen LogP contribution is -2.34. The third-order valence-electron chi connectivity index (χ3n) is 3.70. The summed E-state index contributed by atoms with van der Waals surface area (Å²) in [5.41, 5.74) is 1.41. The van der Waals surface area contributed by atoms with Gasteiger partial charge in [-0.2, -0.15) is 4.31 Å². The number of anilines is 1. The zero-order valence-electron chi connectivity index (χ0n) is 11.4. The summed E-state index contributed by atoms with van der Waals surface area (Å²) in [6.45, 7) is 2.46. The second-order valence-corrected chi connectivity index (χ2v) is 7.93. The predicted octanol–water partition coefficient (Wildman–Crippen LogP) is 0.928. The van der Waals surface area contributed by atoms with Crippen LogP contribution < -0.4 is 10.6 Å². The van der Waals surface area contributed by atoms with Crippen molar-refractivity contribution in [3.8, 4) is 0 Å². The second-order valence-electron chi connectivity index (χ2n) is 5.17. The van der Waals surface area contributed by atoms with E-state index < -0.39 is 10.0 Å². The number of rotatable bonds is 2. The van der Waals surface area contributed by atoms with Crippen LogP contribution in [0.5, 0.6) is 0 Å². The highest BCUT2D eigenvalue weighted by Crippen LogP contribution is 2.33. The molecule has 1 saturated heterocycles. The Kier molecular flexibility index (Phi) is 4.04. The van der Waals surface area contributed by atoms with Crippen LogP contribution in [0.1, 0.15) is 12.0 Å². The van der Waals surface area contributed by atoms with Crippen LogP contribution in [-0.2, 0) is 21.2 Å². The first kappa shape index (κ1) is 15.0. The largest absolute Gasteiger partial charge is 0.325 e. The van der Waals surface area contributed by atoms with Crippen molar-refractivity contribution < 1.29 is 13.2 Å². The maximum absolute atomic E-state index is 12.8. The van der Waals surface area contributed by atoms with Gasteiger partial charge in [-0.15, -0.1) is 0 Å². The van der Waals surface area contributed by atoms with E-state index in [1.165, 1.54) is 4.31 Å². The average Bonchev–Trinajstić information content (AvgIpc) is 2.65. The molecule has 0 saturated carbocycles. The number of nitrogens with one attached hydrogen (secondary N) is 2. The molecular weight excluding hydrogens is 358 g/mol. The third kappa shape index (κ3) is 2.85. The molecule has 2 N–H and O–H groups in total. The SMILES string of the molecule is O=C1Cc2cc(S(=O)(=O)N3CCCNCC3)c(Br)cc2N1. The number of amides is 1. The van der Waals surface area contributed by atoms with Crippen molar-refractivity contribution in [3.63, 3.8) is 0 Å². The molecule has 0 unspecified atom stereocenters. The van der Waals surface area contributed by atoms with E-state index >= 15 is 0 Å². The number of benzene rings is 1. The first-order valence-electron chi connectivity index (χ1n) is 6.81. The van der Waals surface area contributed by atoms with E-state index in [9.17, 15) is 13.2 Å². The molecule has 3 rings (SSSR count). The van der Waals surface area contributed by atoms with Crippen LogP contribution in [0.25, 0.3) is 0 Å². The standard InChI is InChI=1S/C13H16BrN3O3S/c14-10-8-11-9(7-13(18)16-11)6-12(10)21(19,20)17-4-1-2-15-3-5-17/h6,8,15H,1-5,7H2,(H,16,18). The molecule has 1 fully saturated rings. The van der Waals surface area contributed by atoms with Gasteiger partial charge in [0.05, 0.1) is 11.3 Å². The van der Waals surface area contributed by atoms with Crippen LogP contribution in [0.3, 0.4) is 0 Å². The van der Waals surface area contributed by atoms with E-state index in [0.717, 1.165) is 18.5 Å². The summed E-state index contributed by atoms with van der Waals surface area (Å²) in [6.07, 6.45) is 1.02. The molecule has 114 valence electrons. The average molecular weight is 374 g/mol. The maximum Gasteiger partial charge on any atom is 0.244 e. The lowest BCUT2D eigenvalue weighted by Gasteiger charge is -2.21. The quantitative estimate of drug-likeness (QED) is 0.807. The summed E-state index contributed by atoms with van der Waals surface area (Å²) in [7, 11) is -3.55. The van der Waals surface area contributed by atoms with E-state index in [0.29, 0.717) is 29.8 Å². The Bertz CT molecular complexity index is 682. The fourth-order valence-corrected chi connectivity index (χ4v) is 5.16. The highest BCUT2D eigenvalue weighted by atomic mass is 79.9. The molecule has 2 aliphatic heterocycles. The Morgan fingerprint density at radius 1 is 1.19 bits per heavy atom. The Balaban J connectivity index is 1.99. The second kappa shape index (κ2) is 5.68. The highest BCUT2D eigenvalue weighted by molar-refractivity contribution is 9.10. The van der Waals surface area contributed by atoms with Gasteiger partial charge in [0, 0.05) is 29.8 Å². The van der Waals surface area contributed by atoms with Crippen molar-refractivity contribution in [3.05, 3.63) is 22.2 Å². The van der Waals surface area contributed by atoms with Gasteiger partial charge >= 0.3 is 0 Å². The number of halogens is 1. The van der Waals surface area contributed by atoms with Gasteiger partial charge in [-0.25, -0.2) is 8.42 Å². The molecule has 1 amide bonds. The zero-order valence-corrected chi connectivity index (χ0v) is 13.8. The Morgan fingerprint density at radius 2 is 2.00 bits per heavy atom. The first-order chi connectivity index (χ1) is 9.98. The molecule has 1 aromatic carbocycles. The molecule has 0 radical (unpaired) electrons. The van der Waals surface area contributed by atoms with E-state index in [1.54, 1.807) is 12.1 Å². The van der Waals surface area contributed by atoms with Crippen LogP contribution in [0.4, 0.5) is 5.69 Å². The van der Waals surface area contributed by atoms with Gasteiger partial charge < -0.3 is 10.6 Å². The Labute approximate surface area is 132 Å². The summed E-state index contributed by atoms with van der Waals surface area (Å²) in [5, 5.41) is 5.91. The molecule has 1 aromatic rings. The smallest absolute Gasteiger partial charge is 0.244 e. The minimum atomic E-state index is -3.55. The number of sulfonamides is 1. The van der Waals surface area contributed by atoms with Crippen molar-refractivity contribution in [2.75, 3.05) is 31.5 Å². The van der Waals surface area contributed by atoms with Crippen LogP contribution in [0.15, 0.2) is 21.5 Å². The van der Waals surface area contributed by atoms with Crippen molar-refractivity contribution >= 4 is 37.5 Å². The van der Waals surface area contributed by atoms with E-state index in [4.69, 9.17) is 0 Å². The molecule has 0 aliphatic carbocycles. The topological polar surface area (TPSA) is 78.5 Å². The van der Waals surface area contributed by atoms with Crippen molar-refractivity contribution in [1.82, 2.24) is 9.62 Å². The molecule has 2 aliphatic rings. The Hall–Kier alpha value is -0.960. The van der Waals surface area contributed by atoms with Crippen molar-refractivity contribution in [2.24, 2.45) is 0 Å². The Morgan fingerprint density at radius 3 is 2.81 bits per heavy atom. The van der Waals surface area contributed by atoms with Gasteiger partial charge in [-0.3, -0.25) is 4.79 Å². The number of carbonyl (C=O) groups excluding carboxylic acids is 1. The minimum absolute atomic E-state index is 0.106. The number of carbonyl (C=O) groups is 1. The molecular formula is C13H16BrN3O3S. The van der Waals surface area contributed by atoms with Crippen LogP contribution in [-0.4, -0.2) is 44.8 Å². The van der Waals surface area contributed by atoms with Gasteiger partial charge in [0.2, 0.25) is 15.9 Å².